The lowest BCUT2D eigenvalue weighted by atomic mass is 9.87. The Kier molecular flexibility index (Phi) is 6.85. The van der Waals surface area contributed by atoms with Crippen molar-refractivity contribution in [2.45, 2.75) is 0 Å². The summed E-state index contributed by atoms with van der Waals surface area (Å²) in [6.07, 6.45) is 3.59. The van der Waals surface area contributed by atoms with Gasteiger partial charge in [-0.15, -0.1) is 0 Å². The Balaban J connectivity index is 1.48. The summed E-state index contributed by atoms with van der Waals surface area (Å²) in [6, 6.07) is 49.5. The lowest BCUT2D eigenvalue weighted by Crippen LogP contribution is -1.97. The van der Waals surface area contributed by atoms with Crippen molar-refractivity contribution in [3.8, 4) is 67.5 Å². The fourth-order valence-electron chi connectivity index (χ4n) is 5.33. The molecule has 4 nitrogen and oxygen atoms in total. The van der Waals surface area contributed by atoms with Gasteiger partial charge in [-0.3, -0.25) is 9.97 Å². The Bertz CT molecular complexity index is 1970. The third kappa shape index (κ3) is 4.98. The Labute approximate surface area is 245 Å². The van der Waals surface area contributed by atoms with Crippen molar-refractivity contribution in [2.24, 2.45) is 0 Å². The van der Waals surface area contributed by atoms with Crippen molar-refractivity contribution >= 4 is 0 Å². The van der Waals surface area contributed by atoms with Gasteiger partial charge in [-0.05, 0) is 70.8 Å². The van der Waals surface area contributed by atoms with Crippen LogP contribution in [0.5, 0.6) is 0 Å². The fourth-order valence-corrected chi connectivity index (χ4v) is 5.33. The van der Waals surface area contributed by atoms with Crippen LogP contribution in [-0.4, -0.2) is 19.9 Å². The average Bonchev–Trinajstić information content (AvgIpc) is 3.09. The second kappa shape index (κ2) is 11.4. The summed E-state index contributed by atoms with van der Waals surface area (Å²) in [5, 5.41) is 0. The summed E-state index contributed by atoms with van der Waals surface area (Å²) in [4.78, 5) is 19.4. The summed E-state index contributed by atoms with van der Waals surface area (Å²) < 4.78 is 0. The van der Waals surface area contributed by atoms with Crippen LogP contribution in [0, 0.1) is 0 Å². The molecule has 0 saturated heterocycles. The zero-order chi connectivity index (χ0) is 28.1. The van der Waals surface area contributed by atoms with Gasteiger partial charge in [-0.25, -0.2) is 9.97 Å². The summed E-state index contributed by atoms with van der Waals surface area (Å²) in [6.45, 7) is 0. The smallest absolute Gasteiger partial charge is 0.0893 e. The molecule has 4 aromatic heterocycles. The summed E-state index contributed by atoms with van der Waals surface area (Å²) in [7, 11) is 0. The van der Waals surface area contributed by atoms with Gasteiger partial charge in [-0.1, -0.05) is 97.1 Å². The average molecular weight is 539 g/mol. The van der Waals surface area contributed by atoms with Crippen molar-refractivity contribution < 1.29 is 0 Å². The van der Waals surface area contributed by atoms with E-state index in [1.807, 2.05) is 66.7 Å². The topological polar surface area (TPSA) is 51.6 Å². The SMILES string of the molecule is c1ccc(-c2ccccc2-c2cccc(-c3cccc(-c4ccccn4)n3)c2-c2cccc(-c3ccccn3)n2)cc1. The quantitative estimate of drug-likeness (QED) is 0.212. The van der Waals surface area contributed by atoms with Gasteiger partial charge in [-0.2, -0.15) is 0 Å². The molecule has 3 aromatic carbocycles. The normalized spacial score (nSPS) is 10.9. The lowest BCUT2D eigenvalue weighted by Gasteiger charge is -2.18. The molecule has 0 spiro atoms. The van der Waals surface area contributed by atoms with Gasteiger partial charge >= 0.3 is 0 Å². The molecule has 198 valence electrons. The first kappa shape index (κ1) is 25.2. The summed E-state index contributed by atoms with van der Waals surface area (Å²) >= 11 is 0. The van der Waals surface area contributed by atoms with E-state index in [2.05, 4.69) is 88.8 Å². The maximum atomic E-state index is 5.17. The molecule has 0 aliphatic heterocycles. The van der Waals surface area contributed by atoms with Crippen molar-refractivity contribution in [1.29, 1.82) is 0 Å². The fraction of sp³-hybridized carbons (Fsp3) is 0. The molecule has 0 radical (unpaired) electrons. The Morgan fingerprint density at radius 3 is 1.43 bits per heavy atom. The third-order valence-electron chi connectivity index (χ3n) is 7.25. The highest BCUT2D eigenvalue weighted by atomic mass is 14.8. The van der Waals surface area contributed by atoms with Gasteiger partial charge in [0.15, 0.2) is 0 Å². The molecule has 0 aliphatic carbocycles. The van der Waals surface area contributed by atoms with E-state index in [-0.39, 0.29) is 0 Å². The zero-order valence-corrected chi connectivity index (χ0v) is 22.8. The van der Waals surface area contributed by atoms with Crippen LogP contribution in [-0.2, 0) is 0 Å². The van der Waals surface area contributed by atoms with Gasteiger partial charge in [0, 0.05) is 23.5 Å². The second-order valence-electron chi connectivity index (χ2n) is 9.89. The van der Waals surface area contributed by atoms with Crippen LogP contribution in [0.2, 0.25) is 0 Å². The predicted octanol–water partition coefficient (Wildman–Crippen LogP) is 9.27. The van der Waals surface area contributed by atoms with E-state index in [1.165, 1.54) is 0 Å². The third-order valence-corrected chi connectivity index (χ3v) is 7.25. The number of pyridine rings is 4. The number of benzene rings is 3. The molecule has 0 unspecified atom stereocenters. The first-order valence-corrected chi connectivity index (χ1v) is 13.9. The highest BCUT2D eigenvalue weighted by molar-refractivity contribution is 5.97. The minimum atomic E-state index is 0.820. The second-order valence-corrected chi connectivity index (χ2v) is 9.89. The van der Waals surface area contributed by atoms with Gasteiger partial charge in [0.1, 0.15) is 0 Å². The maximum absolute atomic E-state index is 5.17. The Morgan fingerprint density at radius 2 is 0.762 bits per heavy atom. The maximum Gasteiger partial charge on any atom is 0.0893 e. The van der Waals surface area contributed by atoms with Crippen LogP contribution in [0.3, 0.4) is 0 Å². The van der Waals surface area contributed by atoms with E-state index >= 15 is 0 Å². The van der Waals surface area contributed by atoms with Crippen LogP contribution in [0.15, 0.2) is 158 Å². The Hall–Kier alpha value is -5.74. The van der Waals surface area contributed by atoms with E-state index in [0.717, 1.165) is 67.5 Å². The first-order chi connectivity index (χ1) is 20.8. The van der Waals surface area contributed by atoms with Gasteiger partial charge in [0.25, 0.3) is 0 Å². The van der Waals surface area contributed by atoms with Crippen molar-refractivity contribution in [3.05, 3.63) is 158 Å². The number of hydrogen-bond donors (Lipinski definition) is 0. The van der Waals surface area contributed by atoms with Crippen LogP contribution < -0.4 is 0 Å². The molecule has 0 amide bonds. The molecule has 4 heteroatoms. The molecule has 0 saturated carbocycles. The van der Waals surface area contributed by atoms with E-state index in [9.17, 15) is 0 Å². The highest BCUT2D eigenvalue weighted by Gasteiger charge is 2.19. The van der Waals surface area contributed by atoms with Crippen molar-refractivity contribution in [3.63, 3.8) is 0 Å². The monoisotopic (exact) mass is 538 g/mol. The molecular formula is C38H26N4. The summed E-state index contributed by atoms with van der Waals surface area (Å²) in [5.74, 6) is 0. The molecular weight excluding hydrogens is 512 g/mol. The van der Waals surface area contributed by atoms with E-state index < -0.39 is 0 Å². The molecule has 7 aromatic rings. The molecule has 0 atom stereocenters. The number of rotatable bonds is 6. The largest absolute Gasteiger partial charge is 0.255 e. The Morgan fingerprint density at radius 1 is 0.286 bits per heavy atom. The van der Waals surface area contributed by atoms with E-state index in [0.29, 0.717) is 0 Å². The molecule has 0 aliphatic rings. The zero-order valence-electron chi connectivity index (χ0n) is 22.8. The standard InChI is InChI=1S/C38H26N4/c1-2-13-27(14-3-1)28-15-4-5-16-29(28)30-17-10-18-31(32-21-11-22-35(41-32)33-19-6-8-25-39-33)38(30)37-24-12-23-36(42-37)34-20-7-9-26-40-34/h1-26H. The first-order valence-electron chi connectivity index (χ1n) is 13.9. The molecule has 0 N–H and O–H groups in total. The van der Waals surface area contributed by atoms with Crippen LogP contribution in [0.4, 0.5) is 0 Å². The lowest BCUT2D eigenvalue weighted by molar-refractivity contribution is 1.24. The predicted molar refractivity (Wildman–Crippen MR) is 170 cm³/mol. The molecule has 4 heterocycles. The minimum Gasteiger partial charge on any atom is -0.255 e. The van der Waals surface area contributed by atoms with E-state index in [1.54, 1.807) is 12.4 Å². The summed E-state index contributed by atoms with van der Waals surface area (Å²) in [5.41, 5.74) is 11.6. The number of aromatic nitrogens is 4. The molecule has 0 fully saturated rings. The molecule has 7 rings (SSSR count). The molecule has 0 bridgehead atoms. The van der Waals surface area contributed by atoms with Gasteiger partial charge in [0.2, 0.25) is 0 Å². The number of nitrogens with zero attached hydrogens (tertiary/aromatic N) is 4. The highest BCUT2D eigenvalue weighted by Crippen LogP contribution is 2.42. The number of hydrogen-bond acceptors (Lipinski definition) is 4. The minimum absolute atomic E-state index is 0.820. The van der Waals surface area contributed by atoms with Crippen molar-refractivity contribution in [2.75, 3.05) is 0 Å². The van der Waals surface area contributed by atoms with Crippen molar-refractivity contribution in [1.82, 2.24) is 19.9 Å². The van der Waals surface area contributed by atoms with Crippen LogP contribution >= 0.6 is 0 Å². The van der Waals surface area contributed by atoms with Gasteiger partial charge < -0.3 is 0 Å². The molecule has 42 heavy (non-hydrogen) atoms. The van der Waals surface area contributed by atoms with Crippen LogP contribution in [0.1, 0.15) is 0 Å². The van der Waals surface area contributed by atoms with Gasteiger partial charge in [0.05, 0.1) is 34.2 Å². The van der Waals surface area contributed by atoms with Crippen LogP contribution in [0.25, 0.3) is 67.5 Å². The van der Waals surface area contributed by atoms with E-state index in [4.69, 9.17) is 9.97 Å².